The lowest BCUT2D eigenvalue weighted by Gasteiger charge is -2.31. The lowest BCUT2D eigenvalue weighted by molar-refractivity contribution is -0.143. The fourth-order valence-electron chi connectivity index (χ4n) is 10.3. The third kappa shape index (κ3) is 27.0. The zero-order valence-corrected chi connectivity index (χ0v) is 56.9. The number of hydrogen-bond acceptors (Lipinski definition) is 21. The van der Waals surface area contributed by atoms with E-state index in [-0.39, 0.29) is 68.7 Å². The molecule has 2 unspecified atom stereocenters. The van der Waals surface area contributed by atoms with Crippen LogP contribution in [0.15, 0.2) is 48.5 Å². The number of aliphatic carboxylic acids is 2. The number of amides is 12. The summed E-state index contributed by atoms with van der Waals surface area (Å²) in [7, 11) is 4.76. The van der Waals surface area contributed by atoms with Crippen molar-refractivity contribution in [3.8, 4) is 11.5 Å². The predicted molar refractivity (Wildman–Crippen MR) is 354 cm³/mol. The number of carboxylic acid groups (broad SMARTS) is 2. The Bertz CT molecular complexity index is 3090. The third-order valence-electron chi connectivity index (χ3n) is 15.3. The van der Waals surface area contributed by atoms with Crippen LogP contribution in [-0.4, -0.2) is 238 Å². The van der Waals surface area contributed by atoms with E-state index < -0.39 is 193 Å². The first-order chi connectivity index (χ1) is 45.8. The summed E-state index contributed by atoms with van der Waals surface area (Å²) >= 11 is 0. The Balaban J connectivity index is 1.87. The molecule has 0 saturated carbocycles. The molecule has 536 valence electrons. The maximum atomic E-state index is 14.9. The van der Waals surface area contributed by atoms with Crippen molar-refractivity contribution < 1.29 is 92.7 Å². The molecular weight excluding hydrogens is 1310 g/mol. The number of likely N-dealkylation sites (N-methyl/N-ethyl adjacent to an activating group) is 3. The molecule has 18 N–H and O–H groups in total. The molecule has 0 bridgehead atoms. The highest BCUT2D eigenvalue weighted by Crippen LogP contribution is 2.26. The van der Waals surface area contributed by atoms with E-state index in [0.29, 0.717) is 17.5 Å². The molecule has 97 heavy (non-hydrogen) atoms. The number of nitrogens with zero attached hydrogens (tertiary/aromatic N) is 1. The van der Waals surface area contributed by atoms with E-state index in [2.05, 4.69) is 69.1 Å². The van der Waals surface area contributed by atoms with Gasteiger partial charge in [-0.3, -0.25) is 67.1 Å². The van der Waals surface area contributed by atoms with Gasteiger partial charge < -0.3 is 99.6 Å². The number of carboxylic acids is 2. The fourth-order valence-corrected chi connectivity index (χ4v) is 12.7. The first kappa shape index (κ1) is 80.6. The summed E-state index contributed by atoms with van der Waals surface area (Å²) in [5, 5.41) is 84.0. The molecule has 2 aliphatic rings. The molecule has 0 aromatic heterocycles. The summed E-state index contributed by atoms with van der Waals surface area (Å²) in [6.45, 7) is 9.11. The lowest BCUT2D eigenvalue weighted by atomic mass is 10.0. The SMILES string of the molecule is CCNC(=O)[C@H](CC(=O)O)NC(=O)[C@H](CC(C)C)NC(=O)[C@@H]1CSSC[C@H](NC(=O)[C@@H]2CCCN2C(=O)[C@H](CC(C)C)NC(=O)C(CNC)NC)C(=O)N[C@@H](CC(=O)O)C(=O)N[C@@H](Cc2ccc(O)cc2)C(=O)N[C@@H](Cc2ccc(O)cc2)C(=O)NCC(=O)N[C@@H](C(C)O)C(=O)N1. The standard InChI is InChI=1S/C62H92N14O19S2/c1-9-65-52(85)41(25-49(81)82)70-54(87)38(21-31(2)3)67-59(92)46-30-97-96-29-45(73-60(93)47-11-10-20-76(47)62(95)43(22-32(4)5)72-57(90)44(64-8)27-63-7)58(91)71-42(26-50(83)84)56(89)69-40(24-35-14-18-37(79)19-15-35)55(88)68-39(23-34-12-16-36(78)17-13-34)53(86)66-28-48(80)75-51(33(6)77)61(94)74-46/h12-19,31-33,38-47,51,63-64,77-79H,9-11,20-30H2,1-8H3,(H,65,85)(H,66,86)(H,67,92)(H,68,88)(H,69,89)(H,70,87)(H,71,91)(H,72,90)(H,73,93)(H,74,94)(H,75,80)(H,81,82)(H,83,84)/t33?,38-,39-,40-,41-,42-,43-,44?,45-,46-,47-,51-/m0/s1. The number of likely N-dealkylation sites (tertiary alicyclic amines) is 1. The van der Waals surface area contributed by atoms with E-state index >= 15 is 0 Å². The van der Waals surface area contributed by atoms with Crippen LogP contribution in [0.1, 0.15) is 91.2 Å². The molecule has 2 saturated heterocycles. The molecule has 12 atom stereocenters. The number of rotatable bonds is 27. The van der Waals surface area contributed by atoms with Gasteiger partial charge in [0.25, 0.3) is 0 Å². The molecule has 2 heterocycles. The van der Waals surface area contributed by atoms with Gasteiger partial charge in [-0.25, -0.2) is 0 Å². The number of aliphatic hydroxyl groups excluding tert-OH is 1. The van der Waals surface area contributed by atoms with Crippen molar-refractivity contribution >= 4 is 104 Å². The number of carbonyl (C=O) groups is 14. The minimum atomic E-state index is -2.04. The second kappa shape index (κ2) is 40.0. The van der Waals surface area contributed by atoms with Gasteiger partial charge in [-0.2, -0.15) is 0 Å². The van der Waals surface area contributed by atoms with Crippen LogP contribution in [0.2, 0.25) is 0 Å². The lowest BCUT2D eigenvalue weighted by Crippen LogP contribution is -2.61. The summed E-state index contributed by atoms with van der Waals surface area (Å²) in [5.41, 5.74) is 0.659. The molecule has 2 aromatic carbocycles. The van der Waals surface area contributed by atoms with Crippen LogP contribution < -0.4 is 69.1 Å². The average Bonchev–Trinajstić information content (AvgIpc) is 1.75. The van der Waals surface area contributed by atoms with Crippen LogP contribution in [0.5, 0.6) is 11.5 Å². The van der Waals surface area contributed by atoms with Gasteiger partial charge in [-0.05, 0) is 101 Å². The molecule has 2 fully saturated rings. The van der Waals surface area contributed by atoms with Crippen LogP contribution in [0, 0.1) is 11.8 Å². The monoisotopic (exact) mass is 1400 g/mol. The minimum absolute atomic E-state index is 0.0440. The maximum absolute atomic E-state index is 14.9. The molecule has 12 amide bonds. The molecule has 35 heteroatoms. The van der Waals surface area contributed by atoms with Gasteiger partial charge in [-0.15, -0.1) is 0 Å². The van der Waals surface area contributed by atoms with Gasteiger partial charge in [0, 0.05) is 44.0 Å². The Morgan fingerprint density at radius 2 is 1.14 bits per heavy atom. The van der Waals surface area contributed by atoms with Gasteiger partial charge >= 0.3 is 11.9 Å². The maximum Gasteiger partial charge on any atom is 0.305 e. The first-order valence-electron chi connectivity index (χ1n) is 31.7. The molecule has 4 rings (SSSR count). The molecule has 0 radical (unpaired) electrons. The van der Waals surface area contributed by atoms with Crippen LogP contribution >= 0.6 is 21.6 Å². The van der Waals surface area contributed by atoms with Crippen molar-refractivity contribution in [1.29, 1.82) is 0 Å². The van der Waals surface area contributed by atoms with E-state index in [1.807, 2.05) is 13.8 Å². The summed E-state index contributed by atoms with van der Waals surface area (Å²) in [4.78, 5) is 196. The number of carbonyl (C=O) groups excluding carboxylic acids is 12. The first-order valence-corrected chi connectivity index (χ1v) is 34.1. The molecular formula is C62H92N14O19S2. The highest BCUT2D eigenvalue weighted by molar-refractivity contribution is 8.76. The summed E-state index contributed by atoms with van der Waals surface area (Å²) in [5.74, 6) is -16.7. The number of hydrogen-bond donors (Lipinski definition) is 18. The van der Waals surface area contributed by atoms with Gasteiger partial charge in [0.05, 0.1) is 31.5 Å². The van der Waals surface area contributed by atoms with Crippen molar-refractivity contribution in [2.24, 2.45) is 11.8 Å². The predicted octanol–water partition coefficient (Wildman–Crippen LogP) is -3.89. The van der Waals surface area contributed by atoms with Crippen LogP contribution in [0.25, 0.3) is 0 Å². The third-order valence-corrected chi connectivity index (χ3v) is 17.7. The van der Waals surface area contributed by atoms with E-state index in [1.54, 1.807) is 34.9 Å². The molecule has 2 aromatic rings. The van der Waals surface area contributed by atoms with Crippen molar-refractivity contribution in [1.82, 2.24) is 74.0 Å². The zero-order valence-electron chi connectivity index (χ0n) is 55.3. The van der Waals surface area contributed by atoms with Gasteiger partial charge in [0.15, 0.2) is 0 Å². The Kier molecular flexibility index (Phi) is 33.3. The zero-order chi connectivity index (χ0) is 72.2. The number of benzene rings is 2. The quantitative estimate of drug-likeness (QED) is 0.0380. The van der Waals surface area contributed by atoms with E-state index in [4.69, 9.17) is 0 Å². The Labute approximate surface area is 569 Å². The average molecular weight is 1400 g/mol. The van der Waals surface area contributed by atoms with E-state index in [1.165, 1.54) is 53.4 Å². The summed E-state index contributed by atoms with van der Waals surface area (Å²) in [6.07, 6.45) is -4.04. The Hall–Kier alpha value is -8.80. The normalized spacial score (nSPS) is 21.9. The van der Waals surface area contributed by atoms with Crippen LogP contribution in [-0.2, 0) is 80.0 Å². The molecule has 33 nitrogen and oxygen atoms in total. The van der Waals surface area contributed by atoms with Gasteiger partial charge in [0.1, 0.15) is 71.9 Å². The van der Waals surface area contributed by atoms with Crippen LogP contribution in [0.3, 0.4) is 0 Å². The minimum Gasteiger partial charge on any atom is -0.508 e. The second-order valence-electron chi connectivity index (χ2n) is 24.2. The van der Waals surface area contributed by atoms with E-state index in [0.717, 1.165) is 28.5 Å². The van der Waals surface area contributed by atoms with Crippen molar-refractivity contribution in [2.45, 2.75) is 165 Å². The Morgan fingerprint density at radius 3 is 1.68 bits per heavy atom. The van der Waals surface area contributed by atoms with Gasteiger partial charge in [-0.1, -0.05) is 73.5 Å². The highest BCUT2D eigenvalue weighted by Gasteiger charge is 2.42. The largest absolute Gasteiger partial charge is 0.508 e. The molecule has 0 aliphatic carbocycles. The Morgan fingerprint density at radius 1 is 0.608 bits per heavy atom. The number of nitrogens with one attached hydrogen (secondary N) is 13. The van der Waals surface area contributed by atoms with Crippen molar-refractivity contribution in [2.75, 3.05) is 51.8 Å². The van der Waals surface area contributed by atoms with E-state index in [9.17, 15) is 92.7 Å². The van der Waals surface area contributed by atoms with Crippen molar-refractivity contribution in [3.05, 3.63) is 59.7 Å². The highest BCUT2D eigenvalue weighted by atomic mass is 33.1. The topological polar surface area (TPSA) is 500 Å². The second-order valence-corrected chi connectivity index (χ2v) is 26.8. The van der Waals surface area contributed by atoms with Gasteiger partial charge in [0.2, 0.25) is 70.9 Å². The fraction of sp³-hybridized carbons (Fsp3) is 0.581. The smallest absolute Gasteiger partial charge is 0.305 e. The summed E-state index contributed by atoms with van der Waals surface area (Å²) in [6, 6.07) is -6.22. The number of aromatic hydroxyl groups is 2. The number of aliphatic hydroxyl groups is 1. The molecule has 0 spiro atoms. The number of phenols is 2. The van der Waals surface area contributed by atoms with Crippen molar-refractivity contribution in [3.63, 3.8) is 0 Å². The number of phenolic OH excluding ortho intramolecular Hbond substituents is 2. The van der Waals surface area contributed by atoms with Crippen LogP contribution in [0.4, 0.5) is 0 Å². The molecule has 2 aliphatic heterocycles. The summed E-state index contributed by atoms with van der Waals surface area (Å²) < 4.78 is 0.